The molecular weight excluding hydrogens is 192 g/mol. The van der Waals surface area contributed by atoms with Crippen LogP contribution in [0, 0.1) is 0 Å². The molecule has 0 spiro atoms. The number of aromatic nitrogens is 3. The molecule has 15 heavy (non-hydrogen) atoms. The highest BCUT2D eigenvalue weighted by molar-refractivity contribution is 4.63. The van der Waals surface area contributed by atoms with E-state index in [0.29, 0.717) is 6.10 Å². The Hall–Kier alpha value is -0.940. The molecule has 5 nitrogen and oxygen atoms in total. The standard InChI is InChI=1S/C10H20N4O/c1-10(2)15-9-6-11-4-3-7-14-8-5-12-13-14/h5,8,10-11H,3-4,6-7,9H2,1-2H3. The third kappa shape index (κ3) is 6.19. The minimum Gasteiger partial charge on any atom is -0.377 e. The van der Waals surface area contributed by atoms with E-state index in [1.54, 1.807) is 6.20 Å². The second-order valence-electron chi connectivity index (χ2n) is 3.69. The van der Waals surface area contributed by atoms with Gasteiger partial charge in [-0.15, -0.1) is 5.10 Å². The SMILES string of the molecule is CC(C)OCCNCCCn1ccnn1. The number of aryl methyl sites for hydroxylation is 1. The van der Waals surface area contributed by atoms with Crippen molar-refractivity contribution in [2.45, 2.75) is 32.9 Å². The van der Waals surface area contributed by atoms with E-state index in [0.717, 1.165) is 32.7 Å². The van der Waals surface area contributed by atoms with Gasteiger partial charge in [0.1, 0.15) is 0 Å². The number of nitrogens with zero attached hydrogens (tertiary/aromatic N) is 3. The van der Waals surface area contributed by atoms with Crippen molar-refractivity contribution in [3.8, 4) is 0 Å². The average Bonchev–Trinajstić information content (AvgIpc) is 2.68. The summed E-state index contributed by atoms with van der Waals surface area (Å²) in [6.45, 7) is 7.69. The summed E-state index contributed by atoms with van der Waals surface area (Å²) in [5.74, 6) is 0. The minimum atomic E-state index is 0.321. The van der Waals surface area contributed by atoms with Crippen LogP contribution in [0.5, 0.6) is 0 Å². The third-order valence-corrected chi connectivity index (χ3v) is 1.94. The Kier molecular flexibility index (Phi) is 5.96. The molecule has 86 valence electrons. The molecule has 0 fully saturated rings. The first-order valence-corrected chi connectivity index (χ1v) is 5.45. The maximum absolute atomic E-state index is 5.40. The van der Waals surface area contributed by atoms with Crippen LogP contribution in [0.4, 0.5) is 0 Å². The first-order chi connectivity index (χ1) is 7.29. The summed E-state index contributed by atoms with van der Waals surface area (Å²) in [5.41, 5.74) is 0. The van der Waals surface area contributed by atoms with Crippen LogP contribution in [0.25, 0.3) is 0 Å². The number of ether oxygens (including phenoxy) is 1. The molecule has 0 saturated carbocycles. The molecule has 0 bridgehead atoms. The van der Waals surface area contributed by atoms with Gasteiger partial charge in [-0.25, -0.2) is 0 Å². The molecule has 5 heteroatoms. The van der Waals surface area contributed by atoms with Crippen LogP contribution in [0.1, 0.15) is 20.3 Å². The van der Waals surface area contributed by atoms with Crippen molar-refractivity contribution in [1.29, 1.82) is 0 Å². The van der Waals surface area contributed by atoms with Gasteiger partial charge in [0.25, 0.3) is 0 Å². The van der Waals surface area contributed by atoms with E-state index >= 15 is 0 Å². The topological polar surface area (TPSA) is 52.0 Å². The Labute approximate surface area is 90.8 Å². The van der Waals surface area contributed by atoms with Crippen molar-refractivity contribution in [1.82, 2.24) is 20.3 Å². The number of hydrogen-bond acceptors (Lipinski definition) is 4. The largest absolute Gasteiger partial charge is 0.377 e. The summed E-state index contributed by atoms with van der Waals surface area (Å²) in [7, 11) is 0. The highest BCUT2D eigenvalue weighted by Gasteiger charge is 1.93. The highest BCUT2D eigenvalue weighted by atomic mass is 16.5. The molecule has 0 aliphatic carbocycles. The van der Waals surface area contributed by atoms with E-state index < -0.39 is 0 Å². The smallest absolute Gasteiger partial charge is 0.0692 e. The zero-order chi connectivity index (χ0) is 10.9. The highest BCUT2D eigenvalue weighted by Crippen LogP contribution is 1.87. The van der Waals surface area contributed by atoms with Crippen molar-refractivity contribution in [2.75, 3.05) is 19.7 Å². The Bertz CT molecular complexity index is 236. The molecule has 0 amide bonds. The molecule has 0 atom stereocenters. The lowest BCUT2D eigenvalue weighted by molar-refractivity contribution is 0.0808. The van der Waals surface area contributed by atoms with E-state index in [1.807, 2.05) is 24.7 Å². The van der Waals surface area contributed by atoms with Crippen LogP contribution < -0.4 is 5.32 Å². The monoisotopic (exact) mass is 212 g/mol. The van der Waals surface area contributed by atoms with Gasteiger partial charge in [0.05, 0.1) is 18.9 Å². The first-order valence-electron chi connectivity index (χ1n) is 5.45. The fourth-order valence-corrected chi connectivity index (χ4v) is 1.21. The zero-order valence-electron chi connectivity index (χ0n) is 9.52. The summed E-state index contributed by atoms with van der Waals surface area (Å²) in [6.07, 6.45) is 4.96. The van der Waals surface area contributed by atoms with Gasteiger partial charge in [-0.2, -0.15) is 0 Å². The van der Waals surface area contributed by atoms with E-state index in [-0.39, 0.29) is 0 Å². The maximum atomic E-state index is 5.40. The second kappa shape index (κ2) is 7.36. The molecule has 1 N–H and O–H groups in total. The van der Waals surface area contributed by atoms with Crippen LogP contribution in [0.2, 0.25) is 0 Å². The van der Waals surface area contributed by atoms with Gasteiger partial charge in [-0.1, -0.05) is 5.21 Å². The Morgan fingerprint density at radius 1 is 1.40 bits per heavy atom. The summed E-state index contributed by atoms with van der Waals surface area (Å²) in [5, 5.41) is 10.9. The molecule has 1 rings (SSSR count). The quantitative estimate of drug-likeness (QED) is 0.644. The summed E-state index contributed by atoms with van der Waals surface area (Å²) < 4.78 is 7.24. The van der Waals surface area contributed by atoms with Gasteiger partial charge in [-0.05, 0) is 26.8 Å². The second-order valence-corrected chi connectivity index (χ2v) is 3.69. The van der Waals surface area contributed by atoms with Crippen LogP contribution in [-0.2, 0) is 11.3 Å². The van der Waals surface area contributed by atoms with Crippen LogP contribution in [0.15, 0.2) is 12.4 Å². The number of hydrogen-bond donors (Lipinski definition) is 1. The predicted molar refractivity (Wildman–Crippen MR) is 58.6 cm³/mol. The van der Waals surface area contributed by atoms with Gasteiger partial charge in [0.2, 0.25) is 0 Å². The van der Waals surface area contributed by atoms with Crippen molar-refractivity contribution >= 4 is 0 Å². The molecule has 1 heterocycles. The lowest BCUT2D eigenvalue weighted by Crippen LogP contribution is -2.23. The number of rotatable bonds is 8. The zero-order valence-corrected chi connectivity index (χ0v) is 9.52. The Morgan fingerprint density at radius 2 is 2.27 bits per heavy atom. The molecule has 0 aromatic carbocycles. The van der Waals surface area contributed by atoms with E-state index in [2.05, 4.69) is 15.6 Å². The van der Waals surface area contributed by atoms with Crippen LogP contribution >= 0.6 is 0 Å². The summed E-state index contributed by atoms with van der Waals surface area (Å²) in [4.78, 5) is 0. The van der Waals surface area contributed by atoms with Gasteiger partial charge in [0, 0.05) is 19.3 Å². The Morgan fingerprint density at radius 3 is 2.93 bits per heavy atom. The van der Waals surface area contributed by atoms with E-state index in [1.165, 1.54) is 0 Å². The van der Waals surface area contributed by atoms with Gasteiger partial charge < -0.3 is 10.1 Å². The Balaban J connectivity index is 1.85. The van der Waals surface area contributed by atoms with Crippen molar-refractivity contribution in [3.05, 3.63) is 12.4 Å². The average molecular weight is 212 g/mol. The molecule has 0 aliphatic rings. The number of nitrogens with one attached hydrogen (secondary N) is 1. The normalized spacial score (nSPS) is 11.1. The van der Waals surface area contributed by atoms with Crippen LogP contribution in [0.3, 0.4) is 0 Å². The van der Waals surface area contributed by atoms with Crippen LogP contribution in [-0.4, -0.2) is 40.8 Å². The third-order valence-electron chi connectivity index (χ3n) is 1.94. The fourth-order valence-electron chi connectivity index (χ4n) is 1.21. The lowest BCUT2D eigenvalue weighted by atomic mass is 10.4. The first kappa shape index (κ1) is 12.1. The van der Waals surface area contributed by atoms with Gasteiger partial charge >= 0.3 is 0 Å². The van der Waals surface area contributed by atoms with Crippen molar-refractivity contribution in [3.63, 3.8) is 0 Å². The molecule has 0 saturated heterocycles. The molecule has 0 radical (unpaired) electrons. The molecule has 1 aromatic rings. The minimum absolute atomic E-state index is 0.321. The summed E-state index contributed by atoms with van der Waals surface area (Å²) >= 11 is 0. The van der Waals surface area contributed by atoms with E-state index in [9.17, 15) is 0 Å². The molecule has 0 unspecified atom stereocenters. The van der Waals surface area contributed by atoms with Gasteiger partial charge in [0.15, 0.2) is 0 Å². The molecule has 1 aromatic heterocycles. The van der Waals surface area contributed by atoms with Gasteiger partial charge in [-0.3, -0.25) is 4.68 Å². The summed E-state index contributed by atoms with van der Waals surface area (Å²) in [6, 6.07) is 0. The molecule has 0 aliphatic heterocycles. The van der Waals surface area contributed by atoms with Crippen molar-refractivity contribution in [2.24, 2.45) is 0 Å². The molecular formula is C10H20N4O. The fraction of sp³-hybridized carbons (Fsp3) is 0.800. The lowest BCUT2D eigenvalue weighted by Gasteiger charge is -2.08. The van der Waals surface area contributed by atoms with Crippen molar-refractivity contribution < 1.29 is 4.74 Å². The van der Waals surface area contributed by atoms with E-state index in [4.69, 9.17) is 4.74 Å². The maximum Gasteiger partial charge on any atom is 0.0692 e. The predicted octanol–water partition coefficient (Wildman–Crippen LogP) is 0.683.